The van der Waals surface area contributed by atoms with Crippen molar-refractivity contribution >= 4 is 5.84 Å². The fourth-order valence-corrected chi connectivity index (χ4v) is 1.49. The van der Waals surface area contributed by atoms with Gasteiger partial charge in [0.15, 0.2) is 0 Å². The van der Waals surface area contributed by atoms with Crippen LogP contribution >= 0.6 is 0 Å². The van der Waals surface area contributed by atoms with E-state index in [1.165, 1.54) is 0 Å². The number of nitrogen functional groups attached to an aromatic ring is 1. The normalized spacial score (nSPS) is 10.6. The lowest BCUT2D eigenvalue weighted by Gasteiger charge is -2.12. The molecule has 3 N–H and O–H groups in total. The van der Waals surface area contributed by atoms with Crippen LogP contribution in [0.25, 0.3) is 0 Å². The van der Waals surface area contributed by atoms with Crippen molar-refractivity contribution < 1.29 is 4.74 Å². The Morgan fingerprint density at radius 1 is 1.41 bits per heavy atom. The Morgan fingerprint density at radius 2 is 2.12 bits per heavy atom. The summed E-state index contributed by atoms with van der Waals surface area (Å²) in [6, 6.07) is 5.59. The van der Waals surface area contributed by atoms with Crippen molar-refractivity contribution in [3.05, 3.63) is 29.3 Å². The summed E-state index contributed by atoms with van der Waals surface area (Å²) in [5.41, 5.74) is 7.22. The molecule has 0 aliphatic rings. The molecule has 0 aromatic heterocycles. The summed E-state index contributed by atoms with van der Waals surface area (Å²) in [5, 5.41) is 7.39. The summed E-state index contributed by atoms with van der Waals surface area (Å²) >= 11 is 0. The molecule has 1 aromatic carbocycles. The van der Waals surface area contributed by atoms with Crippen LogP contribution in [0.4, 0.5) is 0 Å². The molecule has 4 nitrogen and oxygen atoms in total. The van der Waals surface area contributed by atoms with E-state index in [9.17, 15) is 0 Å². The van der Waals surface area contributed by atoms with Gasteiger partial charge in [0.1, 0.15) is 11.6 Å². The molecule has 17 heavy (non-hydrogen) atoms. The van der Waals surface area contributed by atoms with Crippen molar-refractivity contribution in [3.8, 4) is 5.75 Å². The first-order chi connectivity index (χ1) is 8.00. The zero-order chi connectivity index (χ0) is 12.8. The smallest absolute Gasteiger partial charge is 0.122 e. The largest absolute Gasteiger partial charge is 0.493 e. The lowest BCUT2D eigenvalue weighted by atomic mass is 10.1. The lowest BCUT2D eigenvalue weighted by molar-refractivity contribution is 0.280. The van der Waals surface area contributed by atoms with Gasteiger partial charge in [-0.3, -0.25) is 5.41 Å². The average Bonchev–Trinajstić information content (AvgIpc) is 2.25. The molecule has 0 atom stereocenters. The molecule has 94 valence electrons. The van der Waals surface area contributed by atoms with Crippen LogP contribution in [0, 0.1) is 12.3 Å². The van der Waals surface area contributed by atoms with Gasteiger partial charge in [0.2, 0.25) is 0 Å². The van der Waals surface area contributed by atoms with E-state index < -0.39 is 0 Å². The van der Waals surface area contributed by atoms with Crippen molar-refractivity contribution in [3.63, 3.8) is 0 Å². The van der Waals surface area contributed by atoms with Gasteiger partial charge in [-0.2, -0.15) is 0 Å². The molecular weight excluding hydrogens is 214 g/mol. The highest BCUT2D eigenvalue weighted by molar-refractivity contribution is 5.95. The molecule has 0 unspecified atom stereocenters. The maximum absolute atomic E-state index is 7.39. The van der Waals surface area contributed by atoms with Gasteiger partial charge in [-0.15, -0.1) is 0 Å². The maximum atomic E-state index is 7.39. The minimum absolute atomic E-state index is 0.0724. The molecule has 0 fully saturated rings. The van der Waals surface area contributed by atoms with Gasteiger partial charge < -0.3 is 15.4 Å². The quantitative estimate of drug-likeness (QED) is 0.447. The number of nitrogens with one attached hydrogen (secondary N) is 1. The highest BCUT2D eigenvalue weighted by Crippen LogP contribution is 2.19. The van der Waals surface area contributed by atoms with E-state index in [2.05, 4.69) is 4.90 Å². The molecular formula is C13H21N3O. The second-order valence-corrected chi connectivity index (χ2v) is 4.40. The van der Waals surface area contributed by atoms with Crippen molar-refractivity contribution in [2.45, 2.75) is 13.3 Å². The highest BCUT2D eigenvalue weighted by Gasteiger charge is 2.03. The number of amidine groups is 1. The van der Waals surface area contributed by atoms with Crippen LogP contribution in [0.3, 0.4) is 0 Å². The number of hydrogen-bond acceptors (Lipinski definition) is 3. The first-order valence-corrected chi connectivity index (χ1v) is 5.73. The van der Waals surface area contributed by atoms with Gasteiger partial charge in [0.05, 0.1) is 6.61 Å². The standard InChI is InChI=1S/C13H21N3O/c1-10-5-6-11(13(14)15)9-12(10)17-8-4-7-16(2)3/h5-6,9H,4,7-8H2,1-3H3,(H3,14,15). The number of hydrogen-bond donors (Lipinski definition) is 2. The number of nitrogens with two attached hydrogens (primary N) is 1. The number of aryl methyl sites for hydroxylation is 1. The van der Waals surface area contributed by atoms with E-state index in [0.29, 0.717) is 12.2 Å². The van der Waals surface area contributed by atoms with Gasteiger partial charge in [-0.1, -0.05) is 12.1 Å². The Labute approximate surface area is 103 Å². The highest BCUT2D eigenvalue weighted by atomic mass is 16.5. The predicted octanol–water partition coefficient (Wildman–Crippen LogP) is 1.61. The van der Waals surface area contributed by atoms with Gasteiger partial charge >= 0.3 is 0 Å². The molecule has 0 saturated carbocycles. The van der Waals surface area contributed by atoms with E-state index in [1.54, 1.807) is 0 Å². The minimum Gasteiger partial charge on any atom is -0.493 e. The molecule has 0 bridgehead atoms. The summed E-state index contributed by atoms with van der Waals surface area (Å²) < 4.78 is 5.70. The van der Waals surface area contributed by atoms with Crippen LogP contribution in [-0.4, -0.2) is 38.0 Å². The maximum Gasteiger partial charge on any atom is 0.122 e. The van der Waals surface area contributed by atoms with Crippen LogP contribution < -0.4 is 10.5 Å². The predicted molar refractivity (Wildman–Crippen MR) is 70.9 cm³/mol. The average molecular weight is 235 g/mol. The zero-order valence-electron chi connectivity index (χ0n) is 10.8. The molecule has 0 aliphatic heterocycles. The van der Waals surface area contributed by atoms with E-state index in [4.69, 9.17) is 15.9 Å². The summed E-state index contributed by atoms with van der Waals surface area (Å²) in [7, 11) is 4.09. The summed E-state index contributed by atoms with van der Waals surface area (Å²) in [5.74, 6) is 0.889. The second-order valence-electron chi connectivity index (χ2n) is 4.40. The van der Waals surface area contributed by atoms with E-state index in [-0.39, 0.29) is 5.84 Å². The lowest BCUT2D eigenvalue weighted by Crippen LogP contribution is -2.16. The number of ether oxygens (including phenoxy) is 1. The number of rotatable bonds is 6. The third kappa shape index (κ3) is 4.44. The van der Waals surface area contributed by atoms with Crippen LogP contribution in [0.15, 0.2) is 18.2 Å². The van der Waals surface area contributed by atoms with E-state index in [1.807, 2.05) is 39.2 Å². The Kier molecular flexibility index (Phi) is 4.97. The van der Waals surface area contributed by atoms with Crippen LogP contribution in [0.2, 0.25) is 0 Å². The van der Waals surface area contributed by atoms with Crippen LogP contribution in [-0.2, 0) is 0 Å². The Bertz CT molecular complexity index is 388. The van der Waals surface area contributed by atoms with E-state index in [0.717, 1.165) is 24.3 Å². The van der Waals surface area contributed by atoms with Crippen molar-refractivity contribution in [2.75, 3.05) is 27.2 Å². The monoisotopic (exact) mass is 235 g/mol. The minimum atomic E-state index is 0.0724. The SMILES string of the molecule is Cc1ccc(C(=N)N)cc1OCCCN(C)C. The number of benzene rings is 1. The zero-order valence-corrected chi connectivity index (χ0v) is 10.8. The molecule has 1 aromatic rings. The summed E-state index contributed by atoms with van der Waals surface area (Å²) in [4.78, 5) is 2.13. The third-order valence-electron chi connectivity index (χ3n) is 2.51. The van der Waals surface area contributed by atoms with Crippen molar-refractivity contribution in [1.82, 2.24) is 4.90 Å². The van der Waals surface area contributed by atoms with Gasteiger partial charge in [-0.25, -0.2) is 0 Å². The molecule has 0 spiro atoms. The molecule has 1 rings (SSSR count). The third-order valence-corrected chi connectivity index (χ3v) is 2.51. The first-order valence-electron chi connectivity index (χ1n) is 5.73. The Morgan fingerprint density at radius 3 is 2.71 bits per heavy atom. The first kappa shape index (κ1) is 13.5. The molecule has 0 heterocycles. The van der Waals surface area contributed by atoms with Crippen LogP contribution in [0.5, 0.6) is 5.75 Å². The number of nitrogens with zero attached hydrogens (tertiary/aromatic N) is 1. The summed E-state index contributed by atoms with van der Waals surface area (Å²) in [6.45, 7) is 3.68. The van der Waals surface area contributed by atoms with Gasteiger partial charge in [0, 0.05) is 12.1 Å². The van der Waals surface area contributed by atoms with Crippen molar-refractivity contribution in [2.24, 2.45) is 5.73 Å². The van der Waals surface area contributed by atoms with Gasteiger partial charge in [0.25, 0.3) is 0 Å². The Balaban J connectivity index is 2.57. The van der Waals surface area contributed by atoms with Crippen molar-refractivity contribution in [1.29, 1.82) is 5.41 Å². The molecule has 0 amide bonds. The Hall–Kier alpha value is -1.55. The molecule has 4 heteroatoms. The fraction of sp³-hybridized carbons (Fsp3) is 0.462. The van der Waals surface area contributed by atoms with Crippen LogP contribution in [0.1, 0.15) is 17.5 Å². The molecule has 0 aliphatic carbocycles. The fourth-order valence-electron chi connectivity index (χ4n) is 1.49. The molecule has 0 radical (unpaired) electrons. The van der Waals surface area contributed by atoms with E-state index >= 15 is 0 Å². The molecule has 0 saturated heterocycles. The van der Waals surface area contributed by atoms with Gasteiger partial charge in [-0.05, 0) is 39.1 Å². The second kappa shape index (κ2) is 6.25. The summed E-state index contributed by atoms with van der Waals surface area (Å²) in [6.07, 6.45) is 0.983. The topological polar surface area (TPSA) is 62.3 Å².